The summed E-state index contributed by atoms with van der Waals surface area (Å²) in [6, 6.07) is 11.7. The monoisotopic (exact) mass is 448 g/mol. The van der Waals surface area contributed by atoms with Gasteiger partial charge in [-0.2, -0.15) is 0 Å². The number of hydrogen-bond donors (Lipinski definition) is 2. The van der Waals surface area contributed by atoms with Crippen LogP contribution in [-0.2, 0) is 10.5 Å². The minimum absolute atomic E-state index is 0.119. The Bertz CT molecular complexity index is 940. The lowest BCUT2D eigenvalue weighted by atomic mass is 10.0. The Labute approximate surface area is 181 Å². The van der Waals surface area contributed by atoms with Crippen molar-refractivity contribution in [3.63, 3.8) is 0 Å². The zero-order valence-electron chi connectivity index (χ0n) is 15.9. The van der Waals surface area contributed by atoms with Crippen molar-refractivity contribution in [2.75, 3.05) is 5.75 Å². The molecule has 2 N–H and O–H groups in total. The van der Waals surface area contributed by atoms with Crippen LogP contribution in [0.2, 0.25) is 0 Å². The fraction of sp³-hybridized carbons (Fsp3) is 0.263. The van der Waals surface area contributed by atoms with E-state index in [-0.39, 0.29) is 17.4 Å². The topological polar surface area (TPSA) is 97.1 Å². The number of nitrogens with zero attached hydrogens (tertiary/aromatic N) is 2. The second kappa shape index (κ2) is 10.5. The molecule has 0 aliphatic rings. The van der Waals surface area contributed by atoms with E-state index in [1.807, 2.05) is 0 Å². The molecule has 3 rings (SSSR count). The standard InChI is InChI=1S/C19H20N4O3S3/c1-12(2)14-7-5-13(6-8-14)10-27-18-22-23-19(29-18)28-11-16(24)20-21-17(25)15-4-3-9-26-15/h3-9,12H,10-11H2,1-2H3,(H,20,24)(H,21,25). The number of thioether (sulfide) groups is 2. The third-order valence-corrected chi connectivity index (χ3v) is 7.04. The highest BCUT2D eigenvalue weighted by molar-refractivity contribution is 8.03. The summed E-state index contributed by atoms with van der Waals surface area (Å²) in [6.45, 7) is 4.36. The number of nitrogens with one attached hydrogen (secondary N) is 2. The molecule has 10 heteroatoms. The molecule has 3 aromatic rings. The van der Waals surface area contributed by atoms with E-state index in [1.165, 1.54) is 46.6 Å². The first-order valence-corrected chi connectivity index (χ1v) is 11.6. The summed E-state index contributed by atoms with van der Waals surface area (Å²) in [5.74, 6) is 0.734. The van der Waals surface area contributed by atoms with Gasteiger partial charge in [0.05, 0.1) is 12.0 Å². The Morgan fingerprint density at radius 1 is 1.07 bits per heavy atom. The molecule has 2 aromatic heterocycles. The van der Waals surface area contributed by atoms with Gasteiger partial charge in [0.25, 0.3) is 0 Å². The molecule has 0 fully saturated rings. The molecule has 0 bridgehead atoms. The molecule has 0 aliphatic heterocycles. The highest BCUT2D eigenvalue weighted by Crippen LogP contribution is 2.30. The van der Waals surface area contributed by atoms with Gasteiger partial charge >= 0.3 is 5.91 Å². The van der Waals surface area contributed by atoms with Crippen LogP contribution in [0.15, 0.2) is 55.8 Å². The van der Waals surface area contributed by atoms with E-state index >= 15 is 0 Å². The average molecular weight is 449 g/mol. The molecule has 0 saturated carbocycles. The summed E-state index contributed by atoms with van der Waals surface area (Å²) in [5.41, 5.74) is 7.19. The van der Waals surface area contributed by atoms with Gasteiger partial charge in [-0.25, -0.2) is 0 Å². The average Bonchev–Trinajstić information content (AvgIpc) is 3.41. The second-order valence-corrected chi connectivity index (χ2v) is 9.71. The molecule has 29 heavy (non-hydrogen) atoms. The van der Waals surface area contributed by atoms with Gasteiger partial charge in [0.1, 0.15) is 0 Å². The highest BCUT2D eigenvalue weighted by atomic mass is 32.2. The number of carbonyl (C=O) groups excluding carboxylic acids is 2. The minimum atomic E-state index is -0.510. The number of carbonyl (C=O) groups is 2. The molecule has 0 radical (unpaired) electrons. The van der Waals surface area contributed by atoms with Crippen LogP contribution in [0, 0.1) is 0 Å². The van der Waals surface area contributed by atoms with Crippen LogP contribution in [0.4, 0.5) is 0 Å². The number of amides is 2. The lowest BCUT2D eigenvalue weighted by molar-refractivity contribution is -0.119. The van der Waals surface area contributed by atoms with Crippen LogP contribution in [0.1, 0.15) is 41.4 Å². The van der Waals surface area contributed by atoms with Crippen LogP contribution in [0.3, 0.4) is 0 Å². The lowest BCUT2D eigenvalue weighted by Crippen LogP contribution is -2.42. The normalized spacial score (nSPS) is 10.9. The van der Waals surface area contributed by atoms with E-state index in [9.17, 15) is 9.59 Å². The van der Waals surface area contributed by atoms with Crippen molar-refractivity contribution >= 4 is 46.7 Å². The molecule has 1 aromatic carbocycles. The quantitative estimate of drug-likeness (QED) is 0.395. The van der Waals surface area contributed by atoms with Crippen molar-refractivity contribution in [3.8, 4) is 0 Å². The van der Waals surface area contributed by atoms with E-state index in [1.54, 1.807) is 17.8 Å². The number of hydrogen-bond acceptors (Lipinski definition) is 8. The van der Waals surface area contributed by atoms with Crippen molar-refractivity contribution in [3.05, 3.63) is 59.5 Å². The Hall–Kier alpha value is -2.30. The molecule has 2 amide bonds. The Kier molecular flexibility index (Phi) is 7.73. The molecular weight excluding hydrogens is 428 g/mol. The largest absolute Gasteiger partial charge is 0.459 e. The van der Waals surface area contributed by atoms with Crippen molar-refractivity contribution < 1.29 is 14.0 Å². The van der Waals surface area contributed by atoms with E-state index in [0.29, 0.717) is 10.3 Å². The first kappa shape index (κ1) is 21.4. The van der Waals surface area contributed by atoms with Crippen LogP contribution >= 0.6 is 34.9 Å². The van der Waals surface area contributed by atoms with Gasteiger partial charge in [-0.1, -0.05) is 73.0 Å². The van der Waals surface area contributed by atoms with Crippen molar-refractivity contribution in [2.45, 2.75) is 34.2 Å². The summed E-state index contributed by atoms with van der Waals surface area (Å²) >= 11 is 4.34. The number of benzene rings is 1. The summed E-state index contributed by atoms with van der Waals surface area (Å²) in [4.78, 5) is 23.5. The fourth-order valence-electron chi connectivity index (χ4n) is 2.22. The third kappa shape index (κ3) is 6.62. The summed E-state index contributed by atoms with van der Waals surface area (Å²) in [6.07, 6.45) is 1.39. The molecule has 2 heterocycles. The van der Waals surface area contributed by atoms with Gasteiger partial charge in [-0.05, 0) is 29.2 Å². The summed E-state index contributed by atoms with van der Waals surface area (Å²) in [7, 11) is 0. The Balaban J connectivity index is 1.39. The first-order valence-electron chi connectivity index (χ1n) is 8.82. The van der Waals surface area contributed by atoms with Crippen molar-refractivity contribution in [2.24, 2.45) is 0 Å². The smallest absolute Gasteiger partial charge is 0.305 e. The predicted molar refractivity (Wildman–Crippen MR) is 115 cm³/mol. The third-order valence-electron chi connectivity index (χ3n) is 3.78. The van der Waals surface area contributed by atoms with Crippen LogP contribution in [0.25, 0.3) is 0 Å². The van der Waals surface area contributed by atoms with Crippen LogP contribution in [-0.4, -0.2) is 27.8 Å². The molecule has 0 atom stereocenters. The van der Waals surface area contributed by atoms with Gasteiger partial charge in [0, 0.05) is 5.75 Å². The van der Waals surface area contributed by atoms with Gasteiger partial charge < -0.3 is 4.42 Å². The van der Waals surface area contributed by atoms with E-state index < -0.39 is 5.91 Å². The Morgan fingerprint density at radius 3 is 2.45 bits per heavy atom. The maximum absolute atomic E-state index is 11.9. The van der Waals surface area contributed by atoms with Gasteiger partial charge in [-0.15, -0.1) is 10.2 Å². The molecule has 0 aliphatic carbocycles. The maximum atomic E-state index is 11.9. The number of aromatic nitrogens is 2. The SMILES string of the molecule is CC(C)c1ccc(CSc2nnc(SCC(=O)NNC(=O)c3ccco3)s2)cc1. The predicted octanol–water partition coefficient (Wildman–Crippen LogP) is 4.10. The zero-order valence-corrected chi connectivity index (χ0v) is 18.3. The molecule has 7 nitrogen and oxygen atoms in total. The van der Waals surface area contributed by atoms with Crippen LogP contribution in [0.5, 0.6) is 0 Å². The zero-order chi connectivity index (χ0) is 20.6. The van der Waals surface area contributed by atoms with Crippen molar-refractivity contribution in [1.82, 2.24) is 21.0 Å². The molecule has 0 spiro atoms. The van der Waals surface area contributed by atoms with E-state index in [0.717, 1.165) is 10.1 Å². The van der Waals surface area contributed by atoms with Gasteiger partial charge in [0.15, 0.2) is 14.4 Å². The minimum Gasteiger partial charge on any atom is -0.459 e. The van der Waals surface area contributed by atoms with Gasteiger partial charge in [-0.3, -0.25) is 20.4 Å². The Morgan fingerprint density at radius 2 is 1.79 bits per heavy atom. The molecule has 0 unspecified atom stereocenters. The maximum Gasteiger partial charge on any atom is 0.305 e. The van der Waals surface area contributed by atoms with Crippen LogP contribution < -0.4 is 10.9 Å². The number of furan rings is 1. The molecular formula is C19H20N4O3S3. The highest BCUT2D eigenvalue weighted by Gasteiger charge is 2.12. The summed E-state index contributed by atoms with van der Waals surface area (Å²) in [5, 5.41) is 8.26. The number of rotatable bonds is 8. The van der Waals surface area contributed by atoms with Crippen molar-refractivity contribution in [1.29, 1.82) is 0 Å². The fourth-order valence-corrected chi connectivity index (χ4v) is 4.99. The van der Waals surface area contributed by atoms with E-state index in [2.05, 4.69) is 59.2 Å². The lowest BCUT2D eigenvalue weighted by Gasteiger charge is -2.06. The second-order valence-electron chi connectivity index (χ2n) is 6.29. The summed E-state index contributed by atoms with van der Waals surface area (Å²) < 4.78 is 6.50. The van der Waals surface area contributed by atoms with E-state index in [4.69, 9.17) is 4.42 Å². The number of hydrazine groups is 1. The first-order chi connectivity index (χ1) is 14.0. The molecule has 0 saturated heterocycles. The van der Waals surface area contributed by atoms with Gasteiger partial charge in [0.2, 0.25) is 5.91 Å². The molecule has 152 valence electrons.